The number of β-amino-alcohol motifs (C(OH)–C–C–N with tert-alkyl or cyclic N) is 1. The number of nitrogens with zero attached hydrogens (tertiary/aromatic N) is 4. The number of anilines is 1. The van der Waals surface area contributed by atoms with Crippen molar-refractivity contribution in [1.29, 1.82) is 0 Å². The monoisotopic (exact) mass is 478 g/mol. The number of aliphatic hydroxyl groups is 1. The summed E-state index contributed by atoms with van der Waals surface area (Å²) in [4.78, 5) is 27.2. The minimum absolute atomic E-state index is 0.0290. The number of carbonyl (C=O) groups is 1. The maximum Gasteiger partial charge on any atom is 0.263 e. The molecule has 10 nitrogen and oxygen atoms in total. The molecule has 2 aromatic heterocycles. The Morgan fingerprint density at radius 3 is 3.11 bits per heavy atom. The number of amides is 1. The highest BCUT2D eigenvalue weighted by Gasteiger charge is 2.24. The Kier molecular flexibility index (Phi) is 7.03. The van der Waals surface area contributed by atoms with Crippen molar-refractivity contribution in [1.82, 2.24) is 25.2 Å². The van der Waals surface area contributed by atoms with Gasteiger partial charge in [0, 0.05) is 25.2 Å². The van der Waals surface area contributed by atoms with Crippen LogP contribution in [0, 0.1) is 5.92 Å². The third-order valence-electron chi connectivity index (χ3n) is 6.46. The average molecular weight is 479 g/mol. The second kappa shape index (κ2) is 10.5. The highest BCUT2D eigenvalue weighted by molar-refractivity contribution is 5.94. The first-order valence-electron chi connectivity index (χ1n) is 11.9. The van der Waals surface area contributed by atoms with Gasteiger partial charge in [-0.25, -0.2) is 15.0 Å². The lowest BCUT2D eigenvalue weighted by molar-refractivity contribution is -0.118. The van der Waals surface area contributed by atoms with E-state index in [-0.39, 0.29) is 12.5 Å². The van der Waals surface area contributed by atoms with Gasteiger partial charge in [-0.05, 0) is 50.0 Å². The molecule has 1 amide bonds. The average Bonchev–Trinajstić information content (AvgIpc) is 2.88. The minimum atomic E-state index is -0.663. The molecule has 2 aliphatic heterocycles. The molecule has 0 spiro atoms. The Balaban J connectivity index is 1.15. The zero-order valence-electron chi connectivity index (χ0n) is 19.7. The number of aliphatic hydroxyl groups excluding tert-OH is 1. The van der Waals surface area contributed by atoms with Gasteiger partial charge in [-0.1, -0.05) is 12.1 Å². The predicted octanol–water partition coefficient (Wildman–Crippen LogP) is 1.90. The SMILES string of the molecule is COc1cnc2cccc(C(O)CN3CCCC(CNCc4ccc5c(n4)NC(=O)CO5)C3)c2n1. The van der Waals surface area contributed by atoms with Gasteiger partial charge in [0.25, 0.3) is 5.91 Å². The van der Waals surface area contributed by atoms with Crippen LogP contribution in [-0.2, 0) is 11.3 Å². The highest BCUT2D eigenvalue weighted by atomic mass is 16.5. The van der Waals surface area contributed by atoms with Crippen LogP contribution in [0.5, 0.6) is 11.6 Å². The fourth-order valence-corrected chi connectivity index (χ4v) is 4.74. The number of benzene rings is 1. The number of aromatic nitrogens is 3. The Bertz CT molecular complexity index is 1210. The highest BCUT2D eigenvalue weighted by Crippen LogP contribution is 2.27. The molecule has 3 N–H and O–H groups in total. The second-order valence-corrected chi connectivity index (χ2v) is 9.03. The van der Waals surface area contributed by atoms with Crippen molar-refractivity contribution in [2.75, 3.05) is 45.2 Å². The zero-order chi connectivity index (χ0) is 24.2. The fraction of sp³-hybridized carbons (Fsp3) is 0.440. The molecular formula is C25H30N6O4. The van der Waals surface area contributed by atoms with E-state index in [0.29, 0.717) is 42.0 Å². The van der Waals surface area contributed by atoms with Crippen LogP contribution in [-0.4, -0.2) is 70.8 Å². The smallest absolute Gasteiger partial charge is 0.263 e. The van der Waals surface area contributed by atoms with Gasteiger partial charge >= 0.3 is 0 Å². The molecule has 0 saturated carbocycles. The number of rotatable bonds is 8. The summed E-state index contributed by atoms with van der Waals surface area (Å²) in [6.45, 7) is 3.90. The van der Waals surface area contributed by atoms with Gasteiger partial charge < -0.3 is 30.1 Å². The van der Waals surface area contributed by atoms with Crippen molar-refractivity contribution in [3.8, 4) is 11.6 Å². The maximum atomic E-state index is 11.5. The van der Waals surface area contributed by atoms with Crippen LogP contribution in [0.15, 0.2) is 36.5 Å². The normalized spacial score (nSPS) is 19.0. The van der Waals surface area contributed by atoms with Crippen molar-refractivity contribution in [3.63, 3.8) is 0 Å². The molecule has 0 bridgehead atoms. The summed E-state index contributed by atoms with van der Waals surface area (Å²) in [5.74, 6) is 1.81. The molecule has 0 radical (unpaired) electrons. The number of pyridine rings is 1. The standard InChI is InChI=1S/C25H30N6O4/c1-34-23-12-27-19-6-2-5-18(24(19)30-23)20(32)14-31-9-3-4-16(13-31)10-26-11-17-7-8-21-25(28-17)29-22(33)15-35-21/h2,5-8,12,16,20,26,32H,3-4,9-11,13-15H2,1H3,(H,28,29,33). The third-order valence-corrected chi connectivity index (χ3v) is 6.46. The molecule has 5 rings (SSSR count). The van der Waals surface area contributed by atoms with Crippen LogP contribution >= 0.6 is 0 Å². The van der Waals surface area contributed by atoms with Gasteiger partial charge in [-0.15, -0.1) is 0 Å². The van der Waals surface area contributed by atoms with Crippen LogP contribution in [0.1, 0.15) is 30.2 Å². The van der Waals surface area contributed by atoms with E-state index in [1.165, 1.54) is 0 Å². The van der Waals surface area contributed by atoms with Crippen molar-refractivity contribution in [2.24, 2.45) is 5.92 Å². The van der Waals surface area contributed by atoms with E-state index < -0.39 is 6.10 Å². The summed E-state index contributed by atoms with van der Waals surface area (Å²) < 4.78 is 10.6. The number of methoxy groups -OCH3 is 1. The van der Waals surface area contributed by atoms with Crippen LogP contribution in [0.2, 0.25) is 0 Å². The number of likely N-dealkylation sites (tertiary alicyclic amines) is 1. The maximum absolute atomic E-state index is 11.5. The van der Waals surface area contributed by atoms with Gasteiger partial charge in [-0.3, -0.25) is 4.79 Å². The summed E-state index contributed by atoms with van der Waals surface area (Å²) >= 11 is 0. The van der Waals surface area contributed by atoms with Crippen molar-refractivity contribution in [3.05, 3.63) is 47.8 Å². The first-order valence-corrected chi connectivity index (χ1v) is 11.9. The number of fused-ring (bicyclic) bond motifs is 2. The number of piperidine rings is 1. The molecule has 0 aliphatic carbocycles. The van der Waals surface area contributed by atoms with Crippen molar-refractivity contribution < 1.29 is 19.4 Å². The van der Waals surface area contributed by atoms with E-state index in [1.807, 2.05) is 30.3 Å². The lowest BCUT2D eigenvalue weighted by Gasteiger charge is -2.34. The van der Waals surface area contributed by atoms with Crippen molar-refractivity contribution in [2.45, 2.75) is 25.5 Å². The molecule has 2 unspecified atom stereocenters. The molecule has 184 valence electrons. The lowest BCUT2D eigenvalue weighted by Crippen LogP contribution is -2.41. The summed E-state index contributed by atoms with van der Waals surface area (Å²) in [5.41, 5.74) is 3.03. The number of nitrogens with one attached hydrogen (secondary N) is 2. The Labute approximate surface area is 203 Å². The van der Waals surface area contributed by atoms with Gasteiger partial charge in [0.2, 0.25) is 5.88 Å². The number of ether oxygens (including phenoxy) is 2. The molecule has 3 aromatic rings. The van der Waals surface area contributed by atoms with E-state index in [4.69, 9.17) is 9.47 Å². The fourth-order valence-electron chi connectivity index (χ4n) is 4.74. The molecule has 10 heteroatoms. The molecule has 1 aromatic carbocycles. The van der Waals surface area contributed by atoms with E-state index in [2.05, 4.69) is 30.5 Å². The van der Waals surface area contributed by atoms with Gasteiger partial charge in [0.05, 0.1) is 36.1 Å². The summed E-state index contributed by atoms with van der Waals surface area (Å²) in [6.07, 6.45) is 3.15. The number of hydrogen-bond donors (Lipinski definition) is 3. The Morgan fingerprint density at radius 2 is 2.23 bits per heavy atom. The summed E-state index contributed by atoms with van der Waals surface area (Å²) in [6, 6.07) is 9.45. The van der Waals surface area contributed by atoms with Gasteiger partial charge in [0.15, 0.2) is 18.2 Å². The van der Waals surface area contributed by atoms with E-state index in [0.717, 1.165) is 49.2 Å². The quantitative estimate of drug-likeness (QED) is 0.446. The Morgan fingerprint density at radius 1 is 1.31 bits per heavy atom. The molecule has 2 aliphatic rings. The molecular weight excluding hydrogens is 448 g/mol. The predicted molar refractivity (Wildman–Crippen MR) is 130 cm³/mol. The number of carbonyl (C=O) groups excluding carboxylic acids is 1. The topological polar surface area (TPSA) is 122 Å². The molecule has 4 heterocycles. The number of hydrogen-bond acceptors (Lipinski definition) is 9. The van der Waals surface area contributed by atoms with Crippen LogP contribution in [0.3, 0.4) is 0 Å². The van der Waals surface area contributed by atoms with Gasteiger partial charge in [0.1, 0.15) is 0 Å². The van der Waals surface area contributed by atoms with Crippen LogP contribution in [0.4, 0.5) is 5.82 Å². The Hall–Kier alpha value is -3.34. The zero-order valence-corrected chi connectivity index (χ0v) is 19.7. The second-order valence-electron chi connectivity index (χ2n) is 9.03. The summed E-state index contributed by atoms with van der Waals surface area (Å²) in [7, 11) is 1.56. The van der Waals surface area contributed by atoms with Crippen LogP contribution in [0.25, 0.3) is 11.0 Å². The van der Waals surface area contributed by atoms with Gasteiger partial charge in [-0.2, -0.15) is 0 Å². The largest absolute Gasteiger partial charge is 0.480 e. The first kappa shape index (κ1) is 23.4. The third kappa shape index (κ3) is 5.50. The molecule has 2 atom stereocenters. The minimum Gasteiger partial charge on any atom is -0.480 e. The van der Waals surface area contributed by atoms with Crippen LogP contribution < -0.4 is 20.1 Å². The van der Waals surface area contributed by atoms with E-state index in [1.54, 1.807) is 13.3 Å². The van der Waals surface area contributed by atoms with Crippen molar-refractivity contribution >= 4 is 22.8 Å². The van der Waals surface area contributed by atoms with E-state index >= 15 is 0 Å². The van der Waals surface area contributed by atoms with E-state index in [9.17, 15) is 9.90 Å². The summed E-state index contributed by atoms with van der Waals surface area (Å²) in [5, 5.41) is 17.3. The first-order chi connectivity index (χ1) is 17.1. The molecule has 35 heavy (non-hydrogen) atoms. The molecule has 1 fully saturated rings. The lowest BCUT2D eigenvalue weighted by atomic mass is 9.97. The molecule has 1 saturated heterocycles. The number of para-hydroxylation sites is 1.